The lowest BCUT2D eigenvalue weighted by Gasteiger charge is -2.03. The predicted octanol–water partition coefficient (Wildman–Crippen LogP) is 0.159. The number of rotatable bonds is 3. The fourth-order valence-corrected chi connectivity index (χ4v) is 1.70. The molecule has 3 N–H and O–H groups in total. The van der Waals surface area contributed by atoms with Crippen molar-refractivity contribution in [3.8, 4) is 12.0 Å². The summed E-state index contributed by atoms with van der Waals surface area (Å²) >= 11 is 0. The van der Waals surface area contributed by atoms with Gasteiger partial charge >= 0.3 is 28.6 Å². The Morgan fingerprint density at radius 1 is 1.04 bits per heavy atom. The lowest BCUT2D eigenvalue weighted by atomic mass is 10.4. The van der Waals surface area contributed by atoms with E-state index in [1.54, 1.807) is 0 Å². The zero-order chi connectivity index (χ0) is 19.7. The van der Waals surface area contributed by atoms with Crippen molar-refractivity contribution in [2.24, 2.45) is 4.36 Å². The zero-order valence-corrected chi connectivity index (χ0v) is 15.1. The van der Waals surface area contributed by atoms with Crippen LogP contribution >= 0.6 is 0 Å². The molecule has 0 fully saturated rings. The van der Waals surface area contributed by atoms with Crippen molar-refractivity contribution in [3.05, 3.63) is 17.5 Å². The van der Waals surface area contributed by atoms with E-state index in [1.165, 1.54) is 14.2 Å². The van der Waals surface area contributed by atoms with Crippen LogP contribution in [0.1, 0.15) is 11.4 Å². The first-order valence-corrected chi connectivity index (χ1v) is 7.80. The number of ether oxygens (including phenoxy) is 2. The van der Waals surface area contributed by atoms with Gasteiger partial charge in [-0.3, -0.25) is 5.32 Å². The van der Waals surface area contributed by atoms with Crippen molar-refractivity contribution in [1.82, 2.24) is 24.9 Å². The number of hydrogen-bond acceptors (Lipinski definition) is 11. The molecule has 2 aromatic rings. The molecule has 0 atom stereocenters. The molecule has 0 radical (unpaired) electrons. The topological polar surface area (TPSA) is 185 Å². The molecule has 13 nitrogen and oxygen atoms in total. The predicted molar refractivity (Wildman–Crippen MR) is 89.2 cm³/mol. The molecular weight excluding hydrogens is 368 g/mol. The number of aromatic nitrogens is 5. The molecule has 2 rings (SSSR count). The molecule has 0 spiro atoms. The van der Waals surface area contributed by atoms with Crippen LogP contribution in [-0.2, 0) is 10.5 Å². The van der Waals surface area contributed by atoms with Crippen LogP contribution in [0, 0.1) is 13.8 Å². The number of aryl methyl sites for hydroxylation is 2. The van der Waals surface area contributed by atoms with Crippen molar-refractivity contribution >= 4 is 28.4 Å². The fraction of sp³-hybridized carbons (Fsp3) is 0.333. The van der Waals surface area contributed by atoms with Gasteiger partial charge in [-0.05, 0) is 19.9 Å². The summed E-state index contributed by atoms with van der Waals surface area (Å²) < 4.78 is 32.3. The molecule has 0 aliphatic rings. The number of nitrogens with zero attached hydrogens (tertiary/aromatic N) is 6. The molecule has 2 aromatic heterocycles. The van der Waals surface area contributed by atoms with Gasteiger partial charge in [0.25, 0.3) is 0 Å². The van der Waals surface area contributed by atoms with Crippen LogP contribution in [0.15, 0.2) is 10.4 Å². The van der Waals surface area contributed by atoms with Crippen molar-refractivity contribution < 1.29 is 22.7 Å². The van der Waals surface area contributed by atoms with Gasteiger partial charge in [0.1, 0.15) is 0 Å². The zero-order valence-electron chi connectivity index (χ0n) is 14.3. The normalized spacial score (nSPS) is 9.38. The summed E-state index contributed by atoms with van der Waals surface area (Å²) in [6.45, 7) is 3.79. The van der Waals surface area contributed by atoms with E-state index in [4.69, 9.17) is 15.2 Å². The number of nitrogen functional groups attached to an aromatic ring is 1. The van der Waals surface area contributed by atoms with Crippen molar-refractivity contribution in [3.63, 3.8) is 0 Å². The maximum Gasteiger partial charge on any atom is 0.362 e. The minimum atomic E-state index is -2.85. The summed E-state index contributed by atoms with van der Waals surface area (Å²) in [6, 6.07) is 0.538. The second-order valence-electron chi connectivity index (χ2n) is 4.38. The van der Waals surface area contributed by atoms with E-state index in [-0.39, 0.29) is 18.0 Å². The molecule has 14 heteroatoms. The van der Waals surface area contributed by atoms with Crippen LogP contribution in [0.4, 0.5) is 16.7 Å². The van der Waals surface area contributed by atoms with Crippen LogP contribution in [0.5, 0.6) is 12.0 Å². The summed E-state index contributed by atoms with van der Waals surface area (Å²) in [6.07, 6.45) is 0. The molecule has 0 aliphatic carbocycles. The molecule has 2 amide bonds. The van der Waals surface area contributed by atoms with E-state index in [1.807, 2.05) is 25.2 Å². The third kappa shape index (κ3) is 7.43. The number of amides is 2. The molecule has 0 unspecified atom stereocenters. The average Bonchev–Trinajstić information content (AvgIpc) is 2.52. The van der Waals surface area contributed by atoms with E-state index in [2.05, 4.69) is 29.3 Å². The van der Waals surface area contributed by atoms with Gasteiger partial charge < -0.3 is 15.2 Å². The lowest BCUT2D eigenvalue weighted by molar-refractivity contribution is 0.259. The van der Waals surface area contributed by atoms with Crippen molar-refractivity contribution in [1.29, 1.82) is 0 Å². The Bertz CT molecular complexity index is 837. The molecule has 0 aromatic carbocycles. The summed E-state index contributed by atoms with van der Waals surface area (Å²) in [7, 11) is -0.248. The quantitative estimate of drug-likeness (QED) is 0.734. The van der Waals surface area contributed by atoms with Crippen LogP contribution in [0.3, 0.4) is 0 Å². The smallest absolute Gasteiger partial charge is 0.362 e. The Balaban J connectivity index is 0.000000314. The van der Waals surface area contributed by atoms with Crippen molar-refractivity contribution in [2.75, 3.05) is 25.3 Å². The van der Waals surface area contributed by atoms with Crippen LogP contribution in [0.2, 0.25) is 0 Å². The van der Waals surface area contributed by atoms with Crippen molar-refractivity contribution in [2.45, 2.75) is 13.8 Å². The fourth-order valence-electron chi connectivity index (χ4n) is 1.52. The molecule has 0 saturated carbocycles. The highest BCUT2D eigenvalue weighted by Crippen LogP contribution is 2.11. The highest BCUT2D eigenvalue weighted by Gasteiger charge is 2.09. The Kier molecular flexibility index (Phi) is 7.75. The molecule has 26 heavy (non-hydrogen) atoms. The summed E-state index contributed by atoms with van der Waals surface area (Å²) in [4.78, 5) is 29.7. The highest BCUT2D eigenvalue weighted by molar-refractivity contribution is 7.62. The Morgan fingerprint density at radius 3 is 1.92 bits per heavy atom. The van der Waals surface area contributed by atoms with E-state index in [0.717, 1.165) is 11.4 Å². The Labute approximate surface area is 149 Å². The maximum absolute atomic E-state index is 11.0. The largest absolute Gasteiger partial charge is 0.467 e. The molecular formula is C12H16N8O5S. The second kappa shape index (κ2) is 9.77. The van der Waals surface area contributed by atoms with E-state index in [0.29, 0.717) is 5.95 Å². The lowest BCUT2D eigenvalue weighted by Crippen LogP contribution is -2.11. The average molecular weight is 384 g/mol. The minimum Gasteiger partial charge on any atom is -0.467 e. The van der Waals surface area contributed by atoms with E-state index >= 15 is 0 Å². The van der Waals surface area contributed by atoms with Gasteiger partial charge in [-0.15, -0.1) is 4.98 Å². The first-order chi connectivity index (χ1) is 12.2. The Morgan fingerprint density at radius 2 is 1.54 bits per heavy atom. The number of nitrogens with one attached hydrogen (secondary N) is 1. The summed E-state index contributed by atoms with van der Waals surface area (Å²) in [5, 5.41) is 2.00. The standard InChI is InChI=1S/C6H7N5O5S.C6H9N3/c1-15-5-8-3(9-6(10-5)16-2)7-4(12)11-17(13)14;1-4-3-5(2)9-6(7)8-4/h1-2H3,(H,7,8,9,10,12);3H,1-2H3,(H2,7,8,9). The van der Waals surface area contributed by atoms with Gasteiger partial charge in [-0.25, -0.2) is 14.8 Å². The van der Waals surface area contributed by atoms with Gasteiger partial charge in [0.2, 0.25) is 11.9 Å². The summed E-state index contributed by atoms with van der Waals surface area (Å²) in [5.41, 5.74) is 7.17. The SMILES string of the molecule is COc1nc(NC(=O)N=S(=O)=O)nc(OC)n1.Cc1cc(C)nc(N)n1. The van der Waals surface area contributed by atoms with Crippen LogP contribution in [-0.4, -0.2) is 53.6 Å². The molecule has 2 heterocycles. The number of nitrogens with two attached hydrogens (primary N) is 1. The molecule has 0 aliphatic heterocycles. The van der Waals surface area contributed by atoms with Crippen LogP contribution in [0.25, 0.3) is 0 Å². The van der Waals surface area contributed by atoms with Gasteiger partial charge in [0, 0.05) is 11.4 Å². The monoisotopic (exact) mass is 384 g/mol. The first-order valence-electron chi connectivity index (χ1n) is 6.77. The Hall–Kier alpha value is -3.42. The minimum absolute atomic E-state index is 0.101. The molecule has 0 bridgehead atoms. The number of carbonyl (C=O) groups excluding carboxylic acids is 1. The highest BCUT2D eigenvalue weighted by atomic mass is 32.2. The summed E-state index contributed by atoms with van der Waals surface area (Å²) in [5.74, 6) is 0.111. The maximum atomic E-state index is 11.0. The number of urea groups is 1. The van der Waals surface area contributed by atoms with Gasteiger partial charge in [0.05, 0.1) is 14.2 Å². The number of anilines is 2. The number of hydrogen-bond donors (Lipinski definition) is 2. The van der Waals surface area contributed by atoms with Gasteiger partial charge in [-0.1, -0.05) is 4.36 Å². The van der Waals surface area contributed by atoms with E-state index < -0.39 is 16.5 Å². The third-order valence-electron chi connectivity index (χ3n) is 2.34. The number of carbonyl (C=O) groups is 1. The van der Waals surface area contributed by atoms with E-state index in [9.17, 15) is 13.2 Å². The third-order valence-corrected chi connectivity index (χ3v) is 2.65. The number of methoxy groups -OCH3 is 2. The van der Waals surface area contributed by atoms with Gasteiger partial charge in [0.15, 0.2) is 0 Å². The molecule has 140 valence electrons. The second-order valence-corrected chi connectivity index (χ2v) is 5.00. The van der Waals surface area contributed by atoms with Crippen LogP contribution < -0.4 is 20.5 Å². The molecule has 0 saturated heterocycles. The first kappa shape index (κ1) is 20.6. The van der Waals surface area contributed by atoms with Gasteiger partial charge in [-0.2, -0.15) is 18.4 Å².